The number of rotatable bonds is 2. The lowest BCUT2D eigenvalue weighted by molar-refractivity contribution is -0.397. The summed E-state index contributed by atoms with van der Waals surface area (Å²) in [4.78, 5) is 15.9. The predicted molar refractivity (Wildman–Crippen MR) is 108 cm³/mol. The Morgan fingerprint density at radius 1 is 1.17 bits per heavy atom. The van der Waals surface area contributed by atoms with Crippen LogP contribution >= 0.6 is 11.3 Å². The van der Waals surface area contributed by atoms with Crippen molar-refractivity contribution in [1.29, 1.82) is 0 Å². The minimum atomic E-state index is -4.48. The number of nitrogens with one attached hydrogen (secondary N) is 2. The van der Waals surface area contributed by atoms with Crippen LogP contribution in [-0.4, -0.2) is 5.91 Å². The second-order valence-electron chi connectivity index (χ2n) is 7.48. The highest BCUT2D eigenvalue weighted by Gasteiger charge is 2.44. The number of halogens is 3. The van der Waals surface area contributed by atoms with E-state index in [1.54, 1.807) is 0 Å². The molecular weight excluding hydrogens is 399 g/mol. The van der Waals surface area contributed by atoms with Crippen LogP contribution in [0.5, 0.6) is 0 Å². The second kappa shape index (κ2) is 7.02. The summed E-state index contributed by atoms with van der Waals surface area (Å²) < 4.78 is 40.8. The molecule has 0 radical (unpaired) electrons. The largest absolute Gasteiger partial charge is 0.477 e. The van der Waals surface area contributed by atoms with Crippen molar-refractivity contribution in [3.05, 3.63) is 51.0 Å². The van der Waals surface area contributed by atoms with Crippen LogP contribution in [0.25, 0.3) is 10.2 Å². The van der Waals surface area contributed by atoms with Crippen molar-refractivity contribution >= 4 is 38.8 Å². The topological polar surface area (TPSA) is 69.3 Å². The van der Waals surface area contributed by atoms with Crippen LogP contribution in [0, 0.1) is 13.8 Å². The minimum Gasteiger partial charge on any atom is -0.397 e. The number of carbonyl (C=O) groups is 1. The van der Waals surface area contributed by atoms with Gasteiger partial charge in [0.2, 0.25) is 0 Å². The van der Waals surface area contributed by atoms with E-state index in [0.717, 1.165) is 28.9 Å². The lowest BCUT2D eigenvalue weighted by Crippen LogP contribution is -2.26. The first-order chi connectivity index (χ1) is 13.7. The molecule has 1 aliphatic carbocycles. The molecule has 4 rings (SSSR count). The van der Waals surface area contributed by atoms with Crippen molar-refractivity contribution in [3.8, 4) is 0 Å². The highest BCUT2D eigenvalue weighted by Crippen LogP contribution is 2.41. The van der Waals surface area contributed by atoms with Crippen molar-refractivity contribution in [2.75, 3.05) is 11.1 Å². The molecular formula is C21H21F3N3OS+. The van der Waals surface area contributed by atoms with Crippen molar-refractivity contribution < 1.29 is 22.9 Å². The highest BCUT2D eigenvalue weighted by molar-refractivity contribution is 7.21. The van der Waals surface area contributed by atoms with Gasteiger partial charge in [-0.15, -0.1) is 0 Å². The van der Waals surface area contributed by atoms with Crippen LogP contribution in [0.4, 0.5) is 24.5 Å². The van der Waals surface area contributed by atoms with Gasteiger partial charge in [0.15, 0.2) is 0 Å². The Labute approximate surface area is 169 Å². The van der Waals surface area contributed by atoms with E-state index in [-0.39, 0.29) is 16.1 Å². The number of nitrogen functional groups attached to an aromatic ring is 1. The van der Waals surface area contributed by atoms with E-state index >= 15 is 0 Å². The maximum atomic E-state index is 13.6. The summed E-state index contributed by atoms with van der Waals surface area (Å²) >= 11 is 0.972. The number of anilines is 2. The number of amides is 1. The third kappa shape index (κ3) is 3.46. The molecule has 1 amide bonds. The van der Waals surface area contributed by atoms with Crippen LogP contribution in [-0.2, 0) is 19.0 Å². The van der Waals surface area contributed by atoms with Crippen LogP contribution in [0.1, 0.15) is 50.5 Å². The quantitative estimate of drug-likeness (QED) is 0.608. The fourth-order valence-electron chi connectivity index (χ4n) is 3.94. The lowest BCUT2D eigenvalue weighted by atomic mass is 9.88. The minimum absolute atomic E-state index is 0.226. The molecule has 8 heteroatoms. The average molecular weight is 420 g/mol. The van der Waals surface area contributed by atoms with Gasteiger partial charge < -0.3 is 11.1 Å². The van der Waals surface area contributed by atoms with Crippen LogP contribution in [0.3, 0.4) is 0 Å². The first-order valence-electron chi connectivity index (χ1n) is 9.41. The summed E-state index contributed by atoms with van der Waals surface area (Å²) in [6.45, 7) is 3.80. The summed E-state index contributed by atoms with van der Waals surface area (Å²) in [7, 11) is 0. The maximum Gasteiger partial charge on any atom is 0.477 e. The Morgan fingerprint density at radius 3 is 2.55 bits per heavy atom. The molecule has 1 aliphatic rings. The van der Waals surface area contributed by atoms with Gasteiger partial charge in [-0.1, -0.05) is 23.5 Å². The van der Waals surface area contributed by atoms with Gasteiger partial charge in [0, 0.05) is 11.3 Å². The number of alkyl halides is 3. The zero-order valence-corrected chi connectivity index (χ0v) is 16.9. The maximum absolute atomic E-state index is 13.6. The van der Waals surface area contributed by atoms with E-state index in [1.807, 2.05) is 32.0 Å². The standard InChI is InChI=1S/C21H20F3N3OS/c1-10-7-8-11(2)14(9-10)26-19(28)17-16(25)15-12-5-3-4-6-13(12)18(21(22,23)24)27-20(15)29-17/h7-9H,3-6,25H2,1-2H3,(H,26,28)/p+1. The number of H-pyrrole nitrogens is 1. The molecule has 4 N–H and O–H groups in total. The summed E-state index contributed by atoms with van der Waals surface area (Å²) in [5, 5.41) is 3.41. The zero-order chi connectivity index (χ0) is 20.9. The molecule has 0 saturated heterocycles. The Balaban J connectivity index is 1.83. The molecule has 3 aromatic rings. The number of benzene rings is 1. The fraction of sp³-hybridized carbons (Fsp3) is 0.333. The molecule has 4 nitrogen and oxygen atoms in total. The van der Waals surface area contributed by atoms with E-state index in [2.05, 4.69) is 10.3 Å². The number of hydrogen-bond acceptors (Lipinski definition) is 3. The molecule has 2 heterocycles. The number of fused-ring (bicyclic) bond motifs is 3. The number of thiophene rings is 1. The number of hydrogen-bond donors (Lipinski definition) is 2. The number of carbonyl (C=O) groups excluding carboxylic acids is 1. The molecule has 0 spiro atoms. The second-order valence-corrected chi connectivity index (χ2v) is 8.50. The van der Waals surface area contributed by atoms with Crippen molar-refractivity contribution in [1.82, 2.24) is 0 Å². The van der Waals surface area contributed by atoms with Gasteiger partial charge >= 0.3 is 6.18 Å². The first kappa shape index (κ1) is 19.7. The normalized spacial score (nSPS) is 14.1. The van der Waals surface area contributed by atoms with Gasteiger partial charge in [-0.25, -0.2) is 0 Å². The van der Waals surface area contributed by atoms with E-state index in [4.69, 9.17) is 5.73 Å². The van der Waals surface area contributed by atoms with E-state index < -0.39 is 17.8 Å². The molecule has 1 aromatic carbocycles. The number of aromatic nitrogens is 1. The highest BCUT2D eigenvalue weighted by atomic mass is 32.1. The van der Waals surface area contributed by atoms with Crippen LogP contribution in [0.15, 0.2) is 18.2 Å². The van der Waals surface area contributed by atoms with Crippen molar-refractivity contribution in [3.63, 3.8) is 0 Å². The molecule has 0 bridgehead atoms. The third-order valence-corrected chi connectivity index (χ3v) is 6.51. The Hall–Kier alpha value is -2.61. The van der Waals surface area contributed by atoms with Gasteiger partial charge in [-0.05, 0) is 62.3 Å². The molecule has 2 aromatic heterocycles. The van der Waals surface area contributed by atoms with Gasteiger partial charge in [-0.2, -0.15) is 18.2 Å². The van der Waals surface area contributed by atoms with Gasteiger partial charge in [-0.3, -0.25) is 4.79 Å². The fourth-order valence-corrected chi connectivity index (χ4v) is 4.99. The number of nitrogens with two attached hydrogens (primary N) is 1. The van der Waals surface area contributed by atoms with Gasteiger partial charge in [0.05, 0.1) is 11.1 Å². The SMILES string of the molecule is Cc1ccc(C)c(NC(=O)c2sc3[nH+]c(C(F)(F)F)c4c(c3c2N)CCCC4)c1. The molecule has 0 saturated carbocycles. The molecule has 152 valence electrons. The number of aryl methyl sites for hydroxylation is 3. The van der Waals surface area contributed by atoms with Gasteiger partial charge in [0.25, 0.3) is 16.4 Å². The average Bonchev–Trinajstić information content (AvgIpc) is 3.00. The van der Waals surface area contributed by atoms with Crippen LogP contribution < -0.4 is 16.0 Å². The molecule has 0 fully saturated rings. The van der Waals surface area contributed by atoms with E-state index in [9.17, 15) is 18.0 Å². The molecule has 0 atom stereocenters. The van der Waals surface area contributed by atoms with Crippen molar-refractivity contribution in [2.45, 2.75) is 45.7 Å². The van der Waals surface area contributed by atoms with Crippen molar-refractivity contribution in [2.24, 2.45) is 0 Å². The van der Waals surface area contributed by atoms with Gasteiger partial charge in [0.1, 0.15) is 4.88 Å². The third-order valence-electron chi connectivity index (χ3n) is 5.39. The molecule has 0 aliphatic heterocycles. The summed E-state index contributed by atoms with van der Waals surface area (Å²) in [5.41, 5.74) is 9.27. The Bertz CT molecular complexity index is 1130. The lowest BCUT2D eigenvalue weighted by Gasteiger charge is -2.17. The molecule has 29 heavy (non-hydrogen) atoms. The Kier molecular flexibility index (Phi) is 4.77. The monoisotopic (exact) mass is 420 g/mol. The summed E-state index contributed by atoms with van der Waals surface area (Å²) in [6, 6.07) is 5.70. The van der Waals surface area contributed by atoms with E-state index in [0.29, 0.717) is 40.7 Å². The zero-order valence-electron chi connectivity index (χ0n) is 16.1. The summed E-state index contributed by atoms with van der Waals surface area (Å²) in [6.07, 6.45) is -2.07. The summed E-state index contributed by atoms with van der Waals surface area (Å²) in [5.74, 6) is -0.413. The molecule has 0 unspecified atom stereocenters. The first-order valence-corrected chi connectivity index (χ1v) is 10.2. The Morgan fingerprint density at radius 2 is 1.86 bits per heavy atom. The van der Waals surface area contributed by atoms with Crippen LogP contribution in [0.2, 0.25) is 0 Å². The van der Waals surface area contributed by atoms with E-state index in [1.165, 1.54) is 0 Å². The smallest absolute Gasteiger partial charge is 0.397 e. The number of pyridine rings is 1. The number of aromatic amines is 1. The predicted octanol–water partition coefficient (Wildman–Crippen LogP) is 5.06.